The fourth-order valence-corrected chi connectivity index (χ4v) is 4.74. The summed E-state index contributed by atoms with van der Waals surface area (Å²) in [6.45, 7) is 3.37. The van der Waals surface area contributed by atoms with Crippen molar-refractivity contribution in [3.63, 3.8) is 0 Å². The quantitative estimate of drug-likeness (QED) is 0.324. The molecule has 0 saturated carbocycles. The molecule has 0 bridgehead atoms. The summed E-state index contributed by atoms with van der Waals surface area (Å²) in [6.07, 6.45) is 0. The van der Waals surface area contributed by atoms with E-state index < -0.39 is 21.8 Å². The van der Waals surface area contributed by atoms with E-state index in [2.05, 4.69) is 25.3 Å². The number of hydrogen-bond acceptors (Lipinski definition) is 5. The Balaban J connectivity index is 1.34. The molecule has 3 aromatic carbocycles. The van der Waals surface area contributed by atoms with Crippen LogP contribution in [0, 0.1) is 13.8 Å². The van der Waals surface area contributed by atoms with Gasteiger partial charge in [0.05, 0.1) is 22.5 Å². The van der Waals surface area contributed by atoms with Crippen molar-refractivity contribution in [2.75, 3.05) is 16.6 Å². The summed E-state index contributed by atoms with van der Waals surface area (Å²) in [5, 5.41) is 5.13. The molecule has 9 nitrogen and oxygen atoms in total. The van der Waals surface area contributed by atoms with E-state index in [1.165, 1.54) is 24.3 Å². The Morgan fingerprint density at radius 2 is 1.71 bits per heavy atom. The van der Waals surface area contributed by atoms with Crippen LogP contribution < -0.4 is 15.4 Å². The first-order valence-electron chi connectivity index (χ1n) is 10.4. The fraction of sp³-hybridized carbons (Fsp3) is 0.125. The number of rotatable bonds is 7. The Kier molecular flexibility index (Phi) is 6.33. The van der Waals surface area contributed by atoms with Crippen LogP contribution in [0.2, 0.25) is 0 Å². The number of para-hydroxylation sites is 2. The van der Waals surface area contributed by atoms with Gasteiger partial charge in [-0.25, -0.2) is 13.4 Å². The minimum atomic E-state index is -3.77. The van der Waals surface area contributed by atoms with Crippen molar-refractivity contribution in [2.24, 2.45) is 0 Å². The number of aryl methyl sites for hydroxylation is 2. The van der Waals surface area contributed by atoms with Gasteiger partial charge in [-0.15, -0.1) is 0 Å². The van der Waals surface area contributed by atoms with E-state index in [9.17, 15) is 18.0 Å². The molecule has 0 spiro atoms. The van der Waals surface area contributed by atoms with Crippen LogP contribution in [0.5, 0.6) is 0 Å². The van der Waals surface area contributed by atoms with E-state index in [0.717, 1.165) is 16.6 Å². The number of H-pyrrole nitrogens is 1. The highest BCUT2D eigenvalue weighted by atomic mass is 32.2. The van der Waals surface area contributed by atoms with E-state index in [-0.39, 0.29) is 17.0 Å². The number of aromatic nitrogens is 2. The summed E-state index contributed by atoms with van der Waals surface area (Å²) in [7, 11) is -3.77. The maximum absolute atomic E-state index is 12.7. The lowest BCUT2D eigenvalue weighted by Crippen LogP contribution is -2.33. The average Bonchev–Trinajstić information content (AvgIpc) is 3.19. The zero-order valence-corrected chi connectivity index (χ0v) is 19.4. The molecule has 10 heteroatoms. The number of nitrogens with one attached hydrogen (secondary N) is 4. The van der Waals surface area contributed by atoms with Gasteiger partial charge in [0.25, 0.3) is 15.9 Å². The van der Waals surface area contributed by atoms with Gasteiger partial charge in [0, 0.05) is 11.3 Å². The Hall–Kier alpha value is -4.18. The van der Waals surface area contributed by atoms with Crippen LogP contribution in [-0.2, 0) is 14.8 Å². The number of fused-ring (bicyclic) bond motifs is 1. The number of benzene rings is 3. The smallest absolute Gasteiger partial charge is 0.262 e. The highest BCUT2D eigenvalue weighted by molar-refractivity contribution is 7.92. The molecule has 0 radical (unpaired) electrons. The molecule has 4 N–H and O–H groups in total. The average molecular weight is 478 g/mol. The number of sulfonamides is 1. The molecule has 0 aliphatic heterocycles. The van der Waals surface area contributed by atoms with Gasteiger partial charge in [0.15, 0.2) is 0 Å². The van der Waals surface area contributed by atoms with Gasteiger partial charge in [-0.2, -0.15) is 0 Å². The first-order valence-corrected chi connectivity index (χ1v) is 11.9. The molecule has 1 aromatic heterocycles. The van der Waals surface area contributed by atoms with Crippen LogP contribution in [0.3, 0.4) is 0 Å². The molecule has 174 valence electrons. The van der Waals surface area contributed by atoms with Crippen LogP contribution >= 0.6 is 0 Å². The predicted octanol–water partition coefficient (Wildman–Crippen LogP) is 3.35. The minimum Gasteiger partial charge on any atom is -0.343 e. The van der Waals surface area contributed by atoms with Gasteiger partial charge in [-0.3, -0.25) is 19.6 Å². The van der Waals surface area contributed by atoms with Crippen molar-refractivity contribution in [2.45, 2.75) is 18.7 Å². The lowest BCUT2D eigenvalue weighted by Gasteiger charge is -2.11. The number of hydrogen-bond donors (Lipinski definition) is 4. The first kappa shape index (κ1) is 23.0. The monoisotopic (exact) mass is 477 g/mol. The van der Waals surface area contributed by atoms with Crippen molar-refractivity contribution in [3.8, 4) is 0 Å². The summed E-state index contributed by atoms with van der Waals surface area (Å²) < 4.78 is 27.9. The number of nitrogens with zero attached hydrogens (tertiary/aromatic N) is 1. The second kappa shape index (κ2) is 9.36. The molecule has 0 atom stereocenters. The van der Waals surface area contributed by atoms with E-state index in [0.29, 0.717) is 17.2 Å². The Morgan fingerprint density at radius 3 is 2.41 bits per heavy atom. The van der Waals surface area contributed by atoms with Crippen LogP contribution in [0.1, 0.15) is 21.5 Å². The molecule has 2 amide bonds. The van der Waals surface area contributed by atoms with Crippen molar-refractivity contribution >= 4 is 44.5 Å². The number of anilines is 2. The first-order chi connectivity index (χ1) is 16.2. The molecule has 0 fully saturated rings. The molecule has 1 heterocycles. The number of aromatic amines is 1. The third kappa shape index (κ3) is 5.24. The Bertz CT molecular complexity index is 1440. The summed E-state index contributed by atoms with van der Waals surface area (Å²) in [4.78, 5) is 32.0. The molecule has 4 rings (SSSR count). The van der Waals surface area contributed by atoms with Gasteiger partial charge >= 0.3 is 0 Å². The second-order valence-corrected chi connectivity index (χ2v) is 9.44. The zero-order valence-electron chi connectivity index (χ0n) is 18.5. The van der Waals surface area contributed by atoms with Crippen molar-refractivity contribution < 1.29 is 18.0 Å². The molecule has 0 aliphatic carbocycles. The summed E-state index contributed by atoms with van der Waals surface area (Å²) >= 11 is 0. The molecule has 0 unspecified atom stereocenters. The van der Waals surface area contributed by atoms with Gasteiger partial charge in [0.2, 0.25) is 11.9 Å². The van der Waals surface area contributed by atoms with Gasteiger partial charge in [0.1, 0.15) is 0 Å². The number of imidazole rings is 1. The second-order valence-electron chi connectivity index (χ2n) is 7.79. The maximum atomic E-state index is 12.7. The molecule has 0 saturated heterocycles. The number of carbonyl (C=O) groups is 2. The zero-order chi connectivity index (χ0) is 24.3. The van der Waals surface area contributed by atoms with E-state index in [1.807, 2.05) is 31.2 Å². The molecule has 0 aliphatic rings. The van der Waals surface area contributed by atoms with Crippen LogP contribution in [0.4, 0.5) is 11.6 Å². The minimum absolute atomic E-state index is 0.190. The lowest BCUT2D eigenvalue weighted by molar-refractivity contribution is -0.115. The summed E-state index contributed by atoms with van der Waals surface area (Å²) in [5.74, 6) is -0.616. The van der Waals surface area contributed by atoms with E-state index >= 15 is 0 Å². The van der Waals surface area contributed by atoms with Crippen LogP contribution in [-0.4, -0.2) is 36.7 Å². The fourth-order valence-electron chi connectivity index (χ4n) is 3.45. The molecular weight excluding hydrogens is 454 g/mol. The topological polar surface area (TPSA) is 133 Å². The van der Waals surface area contributed by atoms with Crippen molar-refractivity contribution in [1.29, 1.82) is 0 Å². The summed E-state index contributed by atoms with van der Waals surface area (Å²) in [6, 6.07) is 18.4. The summed E-state index contributed by atoms with van der Waals surface area (Å²) in [5.41, 5.74) is 3.72. The predicted molar refractivity (Wildman–Crippen MR) is 130 cm³/mol. The third-order valence-electron chi connectivity index (χ3n) is 5.08. The maximum Gasteiger partial charge on any atom is 0.262 e. The molecule has 34 heavy (non-hydrogen) atoms. The normalized spacial score (nSPS) is 11.2. The highest BCUT2D eigenvalue weighted by Crippen LogP contribution is 2.21. The number of carbonyl (C=O) groups excluding carboxylic acids is 2. The Labute approximate surface area is 196 Å². The largest absolute Gasteiger partial charge is 0.343 e. The van der Waals surface area contributed by atoms with Crippen LogP contribution in [0.25, 0.3) is 11.0 Å². The van der Waals surface area contributed by atoms with Gasteiger partial charge in [-0.05, 0) is 61.9 Å². The number of amides is 2. The molecular formula is C24H23N5O4S. The van der Waals surface area contributed by atoms with Crippen LogP contribution in [0.15, 0.2) is 71.6 Å². The van der Waals surface area contributed by atoms with E-state index in [1.54, 1.807) is 25.1 Å². The van der Waals surface area contributed by atoms with Gasteiger partial charge < -0.3 is 10.3 Å². The SMILES string of the molecule is Cc1ccc(S(=O)(=O)Nc2ccc(C(=O)NCC(=O)Nc3nc4ccccc4[nH]3)cc2)c(C)c1. The van der Waals surface area contributed by atoms with Crippen molar-refractivity contribution in [1.82, 2.24) is 15.3 Å². The third-order valence-corrected chi connectivity index (χ3v) is 6.62. The van der Waals surface area contributed by atoms with Crippen molar-refractivity contribution in [3.05, 3.63) is 83.4 Å². The standard InChI is InChI=1S/C24H23N5O4S/c1-15-7-12-21(16(2)13-15)34(32,33)29-18-10-8-17(9-11-18)23(31)25-14-22(30)28-24-26-19-5-3-4-6-20(19)27-24/h3-13,29H,14H2,1-2H3,(H,25,31)(H2,26,27,28,30). The molecule has 4 aromatic rings. The highest BCUT2D eigenvalue weighted by Gasteiger charge is 2.17. The lowest BCUT2D eigenvalue weighted by atomic mass is 10.2. The van der Waals surface area contributed by atoms with Gasteiger partial charge in [-0.1, -0.05) is 29.8 Å². The Morgan fingerprint density at radius 1 is 0.971 bits per heavy atom. The van der Waals surface area contributed by atoms with E-state index in [4.69, 9.17) is 0 Å².